The molecule has 0 fully saturated rings. The highest BCUT2D eigenvalue weighted by molar-refractivity contribution is 5.80. The van der Waals surface area contributed by atoms with E-state index < -0.39 is 0 Å². The molecule has 1 atom stereocenters. The molecule has 5 rings (SSSR count). The minimum Gasteiger partial charge on any atom is -0.324 e. The second kappa shape index (κ2) is 10.3. The number of hydrogen-bond donors (Lipinski definition) is 1. The first-order valence-corrected chi connectivity index (χ1v) is 12.8. The van der Waals surface area contributed by atoms with Crippen molar-refractivity contribution in [2.45, 2.75) is 77.7 Å². The summed E-state index contributed by atoms with van der Waals surface area (Å²) in [6, 6.07) is 17.7. The lowest BCUT2D eigenvalue weighted by molar-refractivity contribution is 0.439. The van der Waals surface area contributed by atoms with Crippen LogP contribution in [0.15, 0.2) is 48.5 Å². The number of imidazole rings is 1. The third-order valence-corrected chi connectivity index (χ3v) is 7.01. The molecule has 0 radical (unpaired) electrons. The Morgan fingerprint density at radius 3 is 2.44 bits per heavy atom. The highest BCUT2D eigenvalue weighted by Gasteiger charge is 2.27. The van der Waals surface area contributed by atoms with E-state index in [0.29, 0.717) is 11.9 Å². The van der Waals surface area contributed by atoms with Crippen molar-refractivity contribution in [2.24, 2.45) is 0 Å². The van der Waals surface area contributed by atoms with E-state index in [2.05, 4.69) is 75.4 Å². The standard InChI is InChI=1S/C28H34N6/c1-3-5-12-24-26-14-9-13-25(34(26)27(29-24)15-6-4-2)21-18-16-20(17-19-21)22-10-7-8-11-23(22)28-30-32-33-31-28/h7-8,10-11,16-19,25H,3-6,9,12-15H2,1-2H3,(H,30,31,32,33). The molecule has 0 saturated heterocycles. The van der Waals surface area contributed by atoms with E-state index >= 15 is 0 Å². The Balaban J connectivity index is 1.48. The monoisotopic (exact) mass is 454 g/mol. The van der Waals surface area contributed by atoms with E-state index in [1.165, 1.54) is 66.9 Å². The van der Waals surface area contributed by atoms with E-state index in [-0.39, 0.29) is 0 Å². The number of nitrogens with one attached hydrogen (secondary N) is 1. The van der Waals surface area contributed by atoms with Gasteiger partial charge < -0.3 is 4.57 Å². The lowest BCUT2D eigenvalue weighted by Crippen LogP contribution is -2.21. The molecule has 34 heavy (non-hydrogen) atoms. The molecule has 2 aromatic carbocycles. The fourth-order valence-electron chi connectivity index (χ4n) is 5.26. The molecule has 1 aliphatic heterocycles. The minimum absolute atomic E-state index is 0.375. The molecule has 176 valence electrons. The largest absolute Gasteiger partial charge is 0.324 e. The van der Waals surface area contributed by atoms with Crippen molar-refractivity contribution in [1.82, 2.24) is 30.2 Å². The Morgan fingerprint density at radius 2 is 1.71 bits per heavy atom. The highest BCUT2D eigenvalue weighted by Crippen LogP contribution is 2.36. The molecule has 0 amide bonds. The average molecular weight is 455 g/mol. The third-order valence-electron chi connectivity index (χ3n) is 7.01. The molecule has 0 bridgehead atoms. The van der Waals surface area contributed by atoms with Gasteiger partial charge in [-0.15, -0.1) is 10.2 Å². The van der Waals surface area contributed by atoms with Crippen molar-refractivity contribution in [3.8, 4) is 22.5 Å². The summed E-state index contributed by atoms with van der Waals surface area (Å²) in [4.78, 5) is 5.19. The van der Waals surface area contributed by atoms with Crippen LogP contribution in [0.3, 0.4) is 0 Å². The maximum atomic E-state index is 5.19. The van der Waals surface area contributed by atoms with E-state index in [1.54, 1.807) is 0 Å². The van der Waals surface area contributed by atoms with Crippen molar-refractivity contribution < 1.29 is 0 Å². The molecule has 1 unspecified atom stereocenters. The number of hydrogen-bond acceptors (Lipinski definition) is 4. The Labute approximate surface area is 201 Å². The zero-order chi connectivity index (χ0) is 23.3. The molecule has 4 aromatic rings. The van der Waals surface area contributed by atoms with Crippen molar-refractivity contribution in [3.05, 3.63) is 71.3 Å². The van der Waals surface area contributed by atoms with Crippen LogP contribution in [0.2, 0.25) is 0 Å². The zero-order valence-corrected chi connectivity index (χ0v) is 20.3. The number of nitrogens with zero attached hydrogens (tertiary/aromatic N) is 5. The summed E-state index contributed by atoms with van der Waals surface area (Å²) in [6.07, 6.45) is 10.6. The van der Waals surface area contributed by atoms with Gasteiger partial charge in [0, 0.05) is 17.7 Å². The molecule has 0 saturated carbocycles. The summed E-state index contributed by atoms with van der Waals surface area (Å²) in [5.41, 5.74) is 7.49. The summed E-state index contributed by atoms with van der Waals surface area (Å²) < 4.78 is 2.60. The van der Waals surface area contributed by atoms with Gasteiger partial charge in [0.1, 0.15) is 5.82 Å². The van der Waals surface area contributed by atoms with Crippen LogP contribution in [0, 0.1) is 0 Å². The van der Waals surface area contributed by atoms with Crippen LogP contribution in [-0.2, 0) is 19.3 Å². The molecule has 1 aliphatic rings. The topological polar surface area (TPSA) is 72.3 Å². The van der Waals surface area contributed by atoms with Gasteiger partial charge in [-0.1, -0.05) is 75.2 Å². The molecule has 0 spiro atoms. The van der Waals surface area contributed by atoms with Crippen molar-refractivity contribution in [1.29, 1.82) is 0 Å². The van der Waals surface area contributed by atoms with Gasteiger partial charge in [-0.25, -0.2) is 4.98 Å². The predicted octanol–water partition coefficient (Wildman–Crippen LogP) is 6.34. The van der Waals surface area contributed by atoms with Crippen LogP contribution < -0.4 is 0 Å². The van der Waals surface area contributed by atoms with Gasteiger partial charge in [0.2, 0.25) is 5.82 Å². The molecule has 0 aliphatic carbocycles. The molecule has 3 heterocycles. The normalized spacial score (nSPS) is 15.4. The van der Waals surface area contributed by atoms with Gasteiger partial charge in [-0.3, -0.25) is 0 Å². The Morgan fingerprint density at radius 1 is 0.941 bits per heavy atom. The number of aromatic amines is 1. The van der Waals surface area contributed by atoms with Gasteiger partial charge >= 0.3 is 0 Å². The van der Waals surface area contributed by atoms with Gasteiger partial charge in [0.15, 0.2) is 0 Å². The summed E-state index contributed by atoms with van der Waals surface area (Å²) >= 11 is 0. The minimum atomic E-state index is 0.375. The van der Waals surface area contributed by atoms with E-state index in [4.69, 9.17) is 4.98 Å². The van der Waals surface area contributed by atoms with Crippen LogP contribution in [0.5, 0.6) is 0 Å². The first kappa shape index (κ1) is 22.5. The summed E-state index contributed by atoms with van der Waals surface area (Å²) in [5, 5.41) is 14.7. The molecule has 1 N–H and O–H groups in total. The fourth-order valence-corrected chi connectivity index (χ4v) is 5.26. The molecule has 6 nitrogen and oxygen atoms in total. The van der Waals surface area contributed by atoms with Gasteiger partial charge in [-0.05, 0) is 60.4 Å². The van der Waals surface area contributed by atoms with E-state index in [9.17, 15) is 0 Å². The number of fused-ring (bicyclic) bond motifs is 1. The average Bonchev–Trinajstić information content (AvgIpc) is 3.55. The summed E-state index contributed by atoms with van der Waals surface area (Å²) in [5.74, 6) is 1.91. The highest BCUT2D eigenvalue weighted by atomic mass is 15.5. The number of unbranched alkanes of at least 4 members (excludes halogenated alkanes) is 2. The molecule has 6 heteroatoms. The van der Waals surface area contributed by atoms with Gasteiger partial charge in [0.05, 0.1) is 11.7 Å². The number of aromatic nitrogens is 6. The second-order valence-corrected chi connectivity index (χ2v) is 9.31. The smallest absolute Gasteiger partial charge is 0.205 e. The number of tetrazole rings is 1. The number of aryl methyl sites for hydroxylation is 2. The lowest BCUT2D eigenvalue weighted by atomic mass is 9.92. The zero-order valence-electron chi connectivity index (χ0n) is 20.3. The Hall–Kier alpha value is -3.28. The van der Waals surface area contributed by atoms with Crippen molar-refractivity contribution in [3.63, 3.8) is 0 Å². The Kier molecular flexibility index (Phi) is 6.84. The van der Waals surface area contributed by atoms with Gasteiger partial charge in [-0.2, -0.15) is 5.21 Å². The van der Waals surface area contributed by atoms with Crippen molar-refractivity contribution >= 4 is 0 Å². The first-order valence-electron chi connectivity index (χ1n) is 12.8. The van der Waals surface area contributed by atoms with Crippen LogP contribution in [0.1, 0.15) is 81.2 Å². The van der Waals surface area contributed by atoms with Gasteiger partial charge in [0.25, 0.3) is 0 Å². The molecular weight excluding hydrogens is 420 g/mol. The number of benzene rings is 2. The van der Waals surface area contributed by atoms with Crippen molar-refractivity contribution in [2.75, 3.05) is 0 Å². The second-order valence-electron chi connectivity index (χ2n) is 9.31. The molecule has 2 aromatic heterocycles. The SMILES string of the molecule is CCCCc1nc(CCCC)n2c1CCCC2c1ccc(-c2ccccc2-c2nn[nH]n2)cc1. The lowest BCUT2D eigenvalue weighted by Gasteiger charge is -2.28. The fraction of sp³-hybridized carbons (Fsp3) is 0.429. The Bertz CT molecular complexity index is 1210. The van der Waals surface area contributed by atoms with Crippen LogP contribution in [-0.4, -0.2) is 30.2 Å². The number of rotatable bonds is 9. The summed E-state index contributed by atoms with van der Waals surface area (Å²) in [6.45, 7) is 4.53. The van der Waals surface area contributed by atoms with E-state index in [0.717, 1.165) is 30.4 Å². The third kappa shape index (κ3) is 4.41. The first-order chi connectivity index (χ1) is 16.8. The molecular formula is C28H34N6. The van der Waals surface area contributed by atoms with Crippen LogP contribution in [0.25, 0.3) is 22.5 Å². The van der Waals surface area contributed by atoms with E-state index in [1.807, 2.05) is 12.1 Å². The van der Waals surface area contributed by atoms with Crippen LogP contribution in [0.4, 0.5) is 0 Å². The summed E-state index contributed by atoms with van der Waals surface area (Å²) in [7, 11) is 0. The maximum absolute atomic E-state index is 5.19. The number of H-pyrrole nitrogens is 1. The quantitative estimate of drug-likeness (QED) is 0.320. The van der Waals surface area contributed by atoms with Crippen LogP contribution >= 0.6 is 0 Å². The maximum Gasteiger partial charge on any atom is 0.205 e. The predicted molar refractivity (Wildman–Crippen MR) is 136 cm³/mol.